The van der Waals surface area contributed by atoms with E-state index in [1.54, 1.807) is 0 Å². The second-order valence-electron chi connectivity index (χ2n) is 8.36. The van der Waals surface area contributed by atoms with Gasteiger partial charge in [-0.3, -0.25) is 9.59 Å². The van der Waals surface area contributed by atoms with Gasteiger partial charge in [-0.15, -0.1) is 11.8 Å². The van der Waals surface area contributed by atoms with Crippen molar-refractivity contribution in [3.05, 3.63) is 35.9 Å². The second-order valence-corrected chi connectivity index (χ2v) is 10.1. The van der Waals surface area contributed by atoms with Gasteiger partial charge in [0.2, 0.25) is 5.91 Å². The van der Waals surface area contributed by atoms with Crippen LogP contribution < -0.4 is 5.32 Å². The summed E-state index contributed by atoms with van der Waals surface area (Å²) in [4.78, 5) is 50.4. The van der Waals surface area contributed by atoms with Crippen molar-refractivity contribution in [3.8, 4) is 0 Å². The number of nitrogens with one attached hydrogen (secondary N) is 1. The molecule has 3 rings (SSSR count). The highest BCUT2D eigenvalue weighted by Gasteiger charge is 2.65. The smallest absolute Gasteiger partial charge is 0.408 e. The molecular weight excluding hydrogens is 424 g/mol. The minimum Gasteiger partial charge on any atom is -0.445 e. The first-order valence-corrected chi connectivity index (χ1v) is 10.7. The molecule has 2 saturated heterocycles. The quantitative estimate of drug-likeness (QED) is 0.399. The van der Waals surface area contributed by atoms with Crippen molar-refractivity contribution in [1.29, 1.82) is 0 Å². The minimum atomic E-state index is -1.46. The largest absolute Gasteiger partial charge is 0.445 e. The van der Waals surface area contributed by atoms with Gasteiger partial charge in [0.05, 0.1) is 0 Å². The molecule has 0 saturated carbocycles. The zero-order valence-electron chi connectivity index (χ0n) is 18.0. The van der Waals surface area contributed by atoms with Gasteiger partial charge in [0, 0.05) is 25.5 Å². The summed E-state index contributed by atoms with van der Waals surface area (Å²) in [6.45, 7) is 7.83. The molecule has 10 heteroatoms. The van der Waals surface area contributed by atoms with Gasteiger partial charge < -0.3 is 24.4 Å². The third-order valence-electron chi connectivity index (χ3n) is 4.89. The third-order valence-corrected chi connectivity index (χ3v) is 6.46. The summed E-state index contributed by atoms with van der Waals surface area (Å²) >= 11 is 1.39. The summed E-state index contributed by atoms with van der Waals surface area (Å²) in [5, 5.41) is 2.16. The summed E-state index contributed by atoms with van der Waals surface area (Å²) in [6.07, 6.45) is -0.706. The Morgan fingerprint density at radius 3 is 2.42 bits per heavy atom. The van der Waals surface area contributed by atoms with Crippen LogP contribution in [0.25, 0.3) is 0 Å². The lowest BCUT2D eigenvalue weighted by molar-refractivity contribution is -0.219. The standard InChI is InChI=1S/C21H26N2O7S/c1-12(24)29-21(4,5)30-18(26)15-20(2,3)31-17-14(16(25)23(15)17)22-19(27)28-11-13-9-7-6-8-10-13/h6-10,14-15,17H,11H2,1-5H3,(H,22,27)/t14-,15+,17-/m1/s1. The Kier molecular flexibility index (Phi) is 6.22. The maximum atomic E-state index is 12.8. The van der Waals surface area contributed by atoms with E-state index in [2.05, 4.69) is 5.32 Å². The minimum absolute atomic E-state index is 0.0841. The molecule has 0 radical (unpaired) electrons. The molecule has 2 heterocycles. The van der Waals surface area contributed by atoms with Gasteiger partial charge in [0.25, 0.3) is 5.79 Å². The highest BCUT2D eigenvalue weighted by molar-refractivity contribution is 8.01. The second kappa shape index (κ2) is 8.41. The van der Waals surface area contributed by atoms with Crippen molar-refractivity contribution in [2.75, 3.05) is 0 Å². The van der Waals surface area contributed by atoms with E-state index in [-0.39, 0.29) is 6.61 Å². The topological polar surface area (TPSA) is 111 Å². The van der Waals surface area contributed by atoms with Crippen LogP contribution in [0.15, 0.2) is 30.3 Å². The number of thioether (sulfide) groups is 1. The van der Waals surface area contributed by atoms with E-state index in [1.807, 2.05) is 44.2 Å². The highest BCUT2D eigenvalue weighted by Crippen LogP contribution is 2.51. The fraction of sp³-hybridized carbons (Fsp3) is 0.524. The average molecular weight is 451 g/mol. The molecule has 1 aromatic rings. The van der Waals surface area contributed by atoms with Crippen LogP contribution in [0.5, 0.6) is 0 Å². The molecule has 1 aromatic carbocycles. The van der Waals surface area contributed by atoms with Gasteiger partial charge in [0.1, 0.15) is 24.1 Å². The molecule has 31 heavy (non-hydrogen) atoms. The molecule has 168 valence electrons. The number of amides is 2. The fourth-order valence-electron chi connectivity index (χ4n) is 3.68. The number of β-lactam (4-membered cyclic amide) rings is 1. The Hall–Kier alpha value is -2.75. The highest BCUT2D eigenvalue weighted by atomic mass is 32.2. The number of benzene rings is 1. The van der Waals surface area contributed by atoms with Crippen molar-refractivity contribution in [1.82, 2.24) is 10.2 Å². The van der Waals surface area contributed by atoms with E-state index in [4.69, 9.17) is 14.2 Å². The Morgan fingerprint density at radius 2 is 1.81 bits per heavy atom. The van der Waals surface area contributed by atoms with Crippen molar-refractivity contribution in [3.63, 3.8) is 0 Å². The Morgan fingerprint density at radius 1 is 1.16 bits per heavy atom. The predicted molar refractivity (Wildman–Crippen MR) is 112 cm³/mol. The molecule has 0 aromatic heterocycles. The van der Waals surface area contributed by atoms with E-state index in [9.17, 15) is 19.2 Å². The Bertz CT molecular complexity index is 887. The molecule has 2 amide bonds. The van der Waals surface area contributed by atoms with E-state index < -0.39 is 51.9 Å². The normalized spacial score (nSPS) is 24.0. The molecule has 9 nitrogen and oxygen atoms in total. The van der Waals surface area contributed by atoms with E-state index >= 15 is 0 Å². The van der Waals surface area contributed by atoms with E-state index in [0.717, 1.165) is 5.56 Å². The first-order chi connectivity index (χ1) is 14.4. The van der Waals surface area contributed by atoms with Crippen LogP contribution in [0.4, 0.5) is 4.79 Å². The maximum Gasteiger partial charge on any atom is 0.408 e. The van der Waals surface area contributed by atoms with Gasteiger partial charge in [-0.1, -0.05) is 30.3 Å². The molecule has 2 aliphatic rings. The molecule has 0 unspecified atom stereocenters. The SMILES string of the molecule is CC(=O)OC(C)(C)OC(=O)[C@@H]1N2C(=O)[C@@H](NC(=O)OCc3ccccc3)[C@H]2SC1(C)C. The summed E-state index contributed by atoms with van der Waals surface area (Å²) in [5.74, 6) is -3.13. The van der Waals surface area contributed by atoms with Crippen LogP contribution in [0, 0.1) is 0 Å². The molecule has 0 aliphatic carbocycles. The van der Waals surface area contributed by atoms with Crippen molar-refractivity contribution < 1.29 is 33.4 Å². The number of hydrogen-bond donors (Lipinski definition) is 1. The summed E-state index contributed by atoms with van der Waals surface area (Å²) in [7, 11) is 0. The predicted octanol–water partition coefficient (Wildman–Crippen LogP) is 2.19. The van der Waals surface area contributed by atoms with Crippen LogP contribution in [-0.4, -0.2) is 56.8 Å². The molecule has 3 atom stereocenters. The number of fused-ring (bicyclic) bond motifs is 1. The zero-order valence-corrected chi connectivity index (χ0v) is 18.9. The van der Waals surface area contributed by atoms with Gasteiger partial charge in [0.15, 0.2) is 0 Å². The number of ether oxygens (including phenoxy) is 3. The van der Waals surface area contributed by atoms with E-state index in [0.29, 0.717) is 0 Å². The molecule has 2 fully saturated rings. The van der Waals surface area contributed by atoms with Crippen LogP contribution in [0.3, 0.4) is 0 Å². The number of nitrogens with zero attached hydrogens (tertiary/aromatic N) is 1. The average Bonchev–Trinajstić information content (AvgIpc) is 2.92. The molecule has 2 aliphatic heterocycles. The molecule has 1 N–H and O–H groups in total. The third kappa shape index (κ3) is 4.95. The molecule has 0 bridgehead atoms. The number of rotatable bonds is 6. The van der Waals surface area contributed by atoms with Crippen LogP contribution >= 0.6 is 11.8 Å². The lowest BCUT2D eigenvalue weighted by atomic mass is 9.96. The first kappa shape index (κ1) is 22.9. The zero-order chi connectivity index (χ0) is 23.0. The van der Waals surface area contributed by atoms with Crippen molar-refractivity contribution in [2.45, 2.75) is 69.2 Å². The number of esters is 2. The number of carbonyl (C=O) groups excluding carboxylic acids is 4. The Labute approximate surface area is 184 Å². The summed E-state index contributed by atoms with van der Waals surface area (Å²) in [6, 6.07) is 7.50. The molecule has 0 spiro atoms. The van der Waals surface area contributed by atoms with Gasteiger partial charge in [-0.2, -0.15) is 0 Å². The monoisotopic (exact) mass is 450 g/mol. The van der Waals surface area contributed by atoms with E-state index in [1.165, 1.54) is 37.4 Å². The van der Waals surface area contributed by atoms with Gasteiger partial charge >= 0.3 is 18.0 Å². The number of alkyl carbamates (subject to hydrolysis) is 1. The van der Waals surface area contributed by atoms with Gasteiger partial charge in [-0.05, 0) is 19.4 Å². The first-order valence-electron chi connectivity index (χ1n) is 9.81. The number of hydrogen-bond acceptors (Lipinski definition) is 8. The Balaban J connectivity index is 1.61. The fourth-order valence-corrected chi connectivity index (χ4v) is 5.30. The lowest BCUT2D eigenvalue weighted by Gasteiger charge is -2.44. The van der Waals surface area contributed by atoms with Crippen LogP contribution in [0.1, 0.15) is 40.2 Å². The van der Waals surface area contributed by atoms with Gasteiger partial charge in [-0.25, -0.2) is 9.59 Å². The lowest BCUT2D eigenvalue weighted by Crippen LogP contribution is -2.71. The maximum absolute atomic E-state index is 12.8. The van der Waals surface area contributed by atoms with Crippen molar-refractivity contribution >= 4 is 35.7 Å². The van der Waals surface area contributed by atoms with Crippen LogP contribution in [0.2, 0.25) is 0 Å². The number of carbonyl (C=O) groups is 4. The van der Waals surface area contributed by atoms with Crippen molar-refractivity contribution in [2.24, 2.45) is 0 Å². The van der Waals surface area contributed by atoms with Crippen LogP contribution in [-0.2, 0) is 35.2 Å². The molecular formula is C21H26N2O7S. The summed E-state index contributed by atoms with van der Waals surface area (Å²) < 4.78 is 14.9. The summed E-state index contributed by atoms with van der Waals surface area (Å²) in [5.41, 5.74) is 0.828.